The smallest absolute Gasteiger partial charge is 0.272 e. The normalized spacial score (nSPS) is 10.7. The Hall–Kier alpha value is -2.60. The Morgan fingerprint density at radius 1 is 1.45 bits per heavy atom. The number of carbonyl (C=O) groups excluding carboxylic acids is 1. The number of phenols is 1. The van der Waals surface area contributed by atoms with E-state index in [1.165, 1.54) is 31.7 Å². The molecule has 0 spiro atoms. The second-order valence-electron chi connectivity index (χ2n) is 4.43. The highest BCUT2D eigenvalue weighted by Gasteiger charge is 2.09. The van der Waals surface area contributed by atoms with Gasteiger partial charge in [-0.3, -0.25) is 9.78 Å². The van der Waals surface area contributed by atoms with Gasteiger partial charge < -0.3 is 9.84 Å². The first-order valence-corrected chi connectivity index (χ1v) is 6.71. The van der Waals surface area contributed by atoms with Crippen molar-refractivity contribution in [3.63, 3.8) is 0 Å². The van der Waals surface area contributed by atoms with Crippen molar-refractivity contribution in [1.82, 2.24) is 10.4 Å². The summed E-state index contributed by atoms with van der Waals surface area (Å²) in [6.45, 7) is 1.83. The lowest BCUT2D eigenvalue weighted by Crippen LogP contribution is -2.17. The number of aryl methyl sites for hydroxylation is 1. The Labute approximate surface area is 132 Å². The van der Waals surface area contributed by atoms with Crippen LogP contribution >= 0.6 is 11.6 Å². The highest BCUT2D eigenvalue weighted by molar-refractivity contribution is 6.31. The number of rotatable bonds is 4. The monoisotopic (exact) mass is 319 g/mol. The molecule has 22 heavy (non-hydrogen) atoms. The van der Waals surface area contributed by atoms with Gasteiger partial charge in [0, 0.05) is 28.5 Å². The molecule has 0 aliphatic heterocycles. The zero-order chi connectivity index (χ0) is 16.1. The van der Waals surface area contributed by atoms with Gasteiger partial charge in [-0.2, -0.15) is 5.10 Å². The van der Waals surface area contributed by atoms with Crippen LogP contribution in [0.3, 0.4) is 0 Å². The van der Waals surface area contributed by atoms with Gasteiger partial charge in [-0.25, -0.2) is 5.43 Å². The van der Waals surface area contributed by atoms with Crippen LogP contribution in [0.4, 0.5) is 0 Å². The van der Waals surface area contributed by atoms with E-state index in [2.05, 4.69) is 15.5 Å². The molecule has 0 unspecified atom stereocenters. The fraction of sp³-hybridized carbons (Fsp3) is 0.133. The van der Waals surface area contributed by atoms with Crippen molar-refractivity contribution in [3.8, 4) is 11.5 Å². The average molecular weight is 320 g/mol. The highest BCUT2D eigenvalue weighted by atomic mass is 35.5. The maximum absolute atomic E-state index is 11.8. The predicted octanol–water partition coefficient (Wildman–Crippen LogP) is 2.52. The minimum atomic E-state index is -0.405. The first kappa shape index (κ1) is 15.8. The van der Waals surface area contributed by atoms with Crippen LogP contribution in [-0.2, 0) is 0 Å². The number of hydrogen-bond donors (Lipinski definition) is 2. The third-order valence-electron chi connectivity index (χ3n) is 2.83. The summed E-state index contributed by atoms with van der Waals surface area (Å²) in [7, 11) is 1.42. The van der Waals surface area contributed by atoms with Gasteiger partial charge in [-0.1, -0.05) is 11.6 Å². The molecule has 1 aromatic carbocycles. The van der Waals surface area contributed by atoms with E-state index in [4.69, 9.17) is 16.3 Å². The fourth-order valence-electron chi connectivity index (χ4n) is 1.68. The Morgan fingerprint density at radius 2 is 2.23 bits per heavy atom. The zero-order valence-corrected chi connectivity index (χ0v) is 12.8. The van der Waals surface area contributed by atoms with Crippen LogP contribution in [0.25, 0.3) is 0 Å². The van der Waals surface area contributed by atoms with Crippen molar-refractivity contribution in [2.24, 2.45) is 5.10 Å². The van der Waals surface area contributed by atoms with Crippen molar-refractivity contribution in [2.45, 2.75) is 6.92 Å². The zero-order valence-electron chi connectivity index (χ0n) is 12.0. The molecule has 0 saturated heterocycles. The molecule has 2 N–H and O–H groups in total. The molecule has 0 fully saturated rings. The van der Waals surface area contributed by atoms with E-state index in [9.17, 15) is 9.90 Å². The van der Waals surface area contributed by atoms with Gasteiger partial charge in [-0.05, 0) is 25.1 Å². The molecule has 0 saturated carbocycles. The van der Waals surface area contributed by atoms with Gasteiger partial charge in [0.2, 0.25) is 0 Å². The number of phenolic OH excluding ortho intramolecular Hbond substituents is 1. The van der Waals surface area contributed by atoms with E-state index >= 15 is 0 Å². The van der Waals surface area contributed by atoms with Crippen LogP contribution in [-0.4, -0.2) is 29.3 Å². The second-order valence-corrected chi connectivity index (χ2v) is 4.87. The molecule has 6 nitrogen and oxygen atoms in total. The Balaban J connectivity index is 2.11. The van der Waals surface area contributed by atoms with Crippen LogP contribution in [0, 0.1) is 6.92 Å². The minimum Gasteiger partial charge on any atom is -0.504 e. The predicted molar refractivity (Wildman–Crippen MR) is 83.7 cm³/mol. The molecule has 1 aromatic heterocycles. The number of nitrogens with one attached hydrogen (secondary N) is 1. The molecular formula is C15H14ClN3O3. The highest BCUT2D eigenvalue weighted by Crippen LogP contribution is 2.32. The van der Waals surface area contributed by atoms with E-state index in [0.717, 1.165) is 5.69 Å². The number of carbonyl (C=O) groups is 1. The topological polar surface area (TPSA) is 83.8 Å². The van der Waals surface area contributed by atoms with Crippen LogP contribution in [0.5, 0.6) is 11.5 Å². The molecule has 2 aromatic rings. The molecule has 1 heterocycles. The average Bonchev–Trinajstić information content (AvgIpc) is 2.50. The second kappa shape index (κ2) is 6.91. The Morgan fingerprint density at radius 3 is 2.86 bits per heavy atom. The number of hydrogen-bond acceptors (Lipinski definition) is 5. The quantitative estimate of drug-likeness (QED) is 0.670. The van der Waals surface area contributed by atoms with E-state index < -0.39 is 5.91 Å². The SMILES string of the molecule is COc1cc(Cl)cc(/C=N\NC(=O)c2ccc(C)nc2)c1O. The summed E-state index contributed by atoms with van der Waals surface area (Å²) < 4.78 is 4.98. The van der Waals surface area contributed by atoms with E-state index in [0.29, 0.717) is 16.1 Å². The molecule has 7 heteroatoms. The maximum atomic E-state index is 11.8. The van der Waals surface area contributed by atoms with Gasteiger partial charge in [-0.15, -0.1) is 0 Å². The van der Waals surface area contributed by atoms with Crippen molar-refractivity contribution >= 4 is 23.7 Å². The molecule has 0 aliphatic carbocycles. The number of nitrogens with zero attached hydrogens (tertiary/aromatic N) is 2. The largest absolute Gasteiger partial charge is 0.504 e. The molecule has 0 radical (unpaired) electrons. The van der Waals surface area contributed by atoms with Crippen LogP contribution in [0.15, 0.2) is 35.6 Å². The molecule has 2 rings (SSSR count). The Kier molecular flexibility index (Phi) is 4.95. The molecule has 0 bridgehead atoms. The maximum Gasteiger partial charge on any atom is 0.272 e. The van der Waals surface area contributed by atoms with Gasteiger partial charge in [0.05, 0.1) is 18.9 Å². The summed E-state index contributed by atoms with van der Waals surface area (Å²) in [4.78, 5) is 15.9. The number of benzene rings is 1. The molecule has 1 amide bonds. The van der Waals surface area contributed by atoms with Gasteiger partial charge in [0.25, 0.3) is 5.91 Å². The summed E-state index contributed by atoms with van der Waals surface area (Å²) in [5.41, 5.74) is 3.87. The molecule has 0 aliphatic rings. The molecule has 0 atom stereocenters. The van der Waals surface area contributed by atoms with Crippen LogP contribution in [0.2, 0.25) is 5.02 Å². The van der Waals surface area contributed by atoms with Crippen LogP contribution < -0.4 is 10.2 Å². The third-order valence-corrected chi connectivity index (χ3v) is 3.05. The lowest BCUT2D eigenvalue weighted by Gasteiger charge is -2.06. The van der Waals surface area contributed by atoms with Crippen molar-refractivity contribution < 1.29 is 14.6 Å². The number of ether oxygens (including phenoxy) is 1. The first-order chi connectivity index (χ1) is 10.5. The summed E-state index contributed by atoms with van der Waals surface area (Å²) in [6.07, 6.45) is 2.74. The summed E-state index contributed by atoms with van der Waals surface area (Å²) in [5, 5.41) is 14.1. The molecule has 114 valence electrons. The lowest BCUT2D eigenvalue weighted by molar-refractivity contribution is 0.0954. The van der Waals surface area contributed by atoms with Crippen molar-refractivity contribution in [2.75, 3.05) is 7.11 Å². The van der Waals surface area contributed by atoms with E-state index in [1.807, 2.05) is 6.92 Å². The number of amides is 1. The fourth-order valence-corrected chi connectivity index (χ4v) is 1.89. The minimum absolute atomic E-state index is 0.109. The van der Waals surface area contributed by atoms with Gasteiger partial charge >= 0.3 is 0 Å². The number of halogens is 1. The number of hydrazone groups is 1. The lowest BCUT2D eigenvalue weighted by atomic mass is 10.2. The number of pyridine rings is 1. The van der Waals surface area contributed by atoms with Crippen LogP contribution in [0.1, 0.15) is 21.6 Å². The number of methoxy groups -OCH3 is 1. The third kappa shape index (κ3) is 3.73. The molecular weight excluding hydrogens is 306 g/mol. The van der Waals surface area contributed by atoms with Gasteiger partial charge in [0.15, 0.2) is 11.5 Å². The Bertz CT molecular complexity index is 715. The van der Waals surface area contributed by atoms with Crippen molar-refractivity contribution in [3.05, 3.63) is 52.3 Å². The van der Waals surface area contributed by atoms with Crippen molar-refractivity contribution in [1.29, 1.82) is 0 Å². The van der Waals surface area contributed by atoms with Gasteiger partial charge in [0.1, 0.15) is 0 Å². The number of aromatic nitrogens is 1. The number of aromatic hydroxyl groups is 1. The summed E-state index contributed by atoms with van der Waals surface area (Å²) in [5.74, 6) is -0.290. The van der Waals surface area contributed by atoms with E-state index in [1.54, 1.807) is 12.1 Å². The standard InChI is InChI=1S/C15H14ClN3O3/c1-9-3-4-10(7-17-9)15(21)19-18-8-11-5-12(16)6-13(22-2)14(11)20/h3-8,20H,1-2H3,(H,19,21)/b18-8-. The first-order valence-electron chi connectivity index (χ1n) is 6.34. The van der Waals surface area contributed by atoms with E-state index in [-0.39, 0.29) is 11.5 Å². The summed E-state index contributed by atoms with van der Waals surface area (Å²) in [6, 6.07) is 6.35. The summed E-state index contributed by atoms with van der Waals surface area (Å²) >= 11 is 5.90.